The van der Waals surface area contributed by atoms with Crippen LogP contribution >= 0.6 is 0 Å². The van der Waals surface area contributed by atoms with Crippen molar-refractivity contribution in [1.82, 2.24) is 20.1 Å². The maximum atomic E-state index is 12.5. The molecule has 11 nitrogen and oxygen atoms in total. The molecule has 1 saturated carbocycles. The number of anilines is 3. The molecule has 0 bridgehead atoms. The fraction of sp³-hybridized carbons (Fsp3) is 0.533. The average molecular weight is 620 g/mol. The van der Waals surface area contributed by atoms with Crippen LogP contribution in [0.3, 0.4) is 0 Å². The van der Waals surface area contributed by atoms with Crippen LogP contribution in [0.1, 0.15) is 19.3 Å². The number of hydrogen-bond acceptors (Lipinski definition) is 8. The fourth-order valence-electron chi connectivity index (χ4n) is 5.19. The van der Waals surface area contributed by atoms with Gasteiger partial charge in [-0.1, -0.05) is 6.07 Å². The molecule has 14 heteroatoms. The lowest BCUT2D eigenvalue weighted by molar-refractivity contribution is -0.192. The number of halogens is 3. The van der Waals surface area contributed by atoms with Crippen molar-refractivity contribution in [3.63, 3.8) is 0 Å². The second-order valence-corrected chi connectivity index (χ2v) is 11.2. The molecule has 5 rings (SSSR count). The number of benzene rings is 1. The molecule has 2 aliphatic heterocycles. The van der Waals surface area contributed by atoms with Crippen LogP contribution in [0.2, 0.25) is 0 Å². The summed E-state index contributed by atoms with van der Waals surface area (Å²) in [6.07, 6.45) is 2.17. The van der Waals surface area contributed by atoms with Gasteiger partial charge in [0, 0.05) is 94.9 Å². The lowest BCUT2D eigenvalue weighted by Crippen LogP contribution is -2.47. The van der Waals surface area contributed by atoms with Crippen molar-refractivity contribution < 1.29 is 32.7 Å². The first-order chi connectivity index (χ1) is 21.1. The van der Waals surface area contributed by atoms with Gasteiger partial charge in [0.25, 0.3) is 0 Å². The number of aliphatic carboxylic acids is 1. The molecule has 1 aromatic carbocycles. The van der Waals surface area contributed by atoms with Gasteiger partial charge >= 0.3 is 24.0 Å². The standard InChI is InChI=1S/C28H39N7O2.C2HF3O2/c36-27(30-9-2-12-32-13-17-34(18-14-32)25-7-10-29-11-8-25)28(37)31-24-3-1-4-26(21-24)35-19-15-33(16-20-35)22-23-5-6-23;3-2(4,5)1(6)7/h1,3-4,7-8,10-11,21,23H,2,5-6,9,12-20,22H2,(H,30,36)(H,31,37);(H,6,7). The largest absolute Gasteiger partial charge is 0.490 e. The number of alkyl halides is 3. The number of carbonyl (C=O) groups is 3. The van der Waals surface area contributed by atoms with Crippen LogP contribution < -0.4 is 20.4 Å². The maximum Gasteiger partial charge on any atom is 0.490 e. The van der Waals surface area contributed by atoms with E-state index >= 15 is 0 Å². The van der Waals surface area contributed by atoms with Gasteiger partial charge in [-0.15, -0.1) is 0 Å². The van der Waals surface area contributed by atoms with Crippen molar-refractivity contribution in [1.29, 1.82) is 0 Å². The van der Waals surface area contributed by atoms with Crippen LogP contribution in [-0.4, -0.2) is 116 Å². The topological polar surface area (TPSA) is 121 Å². The summed E-state index contributed by atoms with van der Waals surface area (Å²) in [4.78, 5) is 47.5. The Bertz CT molecular complexity index is 1230. The lowest BCUT2D eigenvalue weighted by atomic mass is 10.2. The summed E-state index contributed by atoms with van der Waals surface area (Å²) < 4.78 is 31.7. The number of carbonyl (C=O) groups excluding carboxylic acids is 2. The summed E-state index contributed by atoms with van der Waals surface area (Å²) in [5, 5.41) is 12.7. The number of carboxylic acids is 1. The first kappa shape index (κ1) is 33.0. The van der Waals surface area contributed by atoms with Gasteiger partial charge in [0.2, 0.25) is 0 Å². The smallest absolute Gasteiger partial charge is 0.475 e. The van der Waals surface area contributed by atoms with E-state index in [0.29, 0.717) is 12.2 Å². The van der Waals surface area contributed by atoms with Gasteiger partial charge in [0.05, 0.1) is 0 Å². The number of nitrogens with zero attached hydrogens (tertiary/aromatic N) is 5. The third-order valence-electron chi connectivity index (χ3n) is 7.84. The quantitative estimate of drug-likeness (QED) is 0.287. The molecule has 0 radical (unpaired) electrons. The number of pyridine rings is 1. The van der Waals surface area contributed by atoms with Gasteiger partial charge in [0.15, 0.2) is 0 Å². The molecule has 3 N–H and O–H groups in total. The Hall–Kier alpha value is -3.91. The van der Waals surface area contributed by atoms with Crippen molar-refractivity contribution in [2.24, 2.45) is 5.92 Å². The highest BCUT2D eigenvalue weighted by atomic mass is 19.4. The van der Waals surface area contributed by atoms with Crippen molar-refractivity contribution in [3.05, 3.63) is 48.8 Å². The summed E-state index contributed by atoms with van der Waals surface area (Å²) in [7, 11) is 0. The van der Waals surface area contributed by atoms with E-state index in [-0.39, 0.29) is 0 Å². The number of carboxylic acid groups (broad SMARTS) is 1. The number of aromatic nitrogens is 1. The van der Waals surface area contributed by atoms with E-state index < -0.39 is 24.0 Å². The molecule has 2 saturated heterocycles. The Morgan fingerprint density at radius 1 is 0.841 bits per heavy atom. The second-order valence-electron chi connectivity index (χ2n) is 11.2. The van der Waals surface area contributed by atoms with Crippen LogP contribution in [0.4, 0.5) is 30.2 Å². The predicted octanol–water partition coefficient (Wildman–Crippen LogP) is 2.51. The van der Waals surface area contributed by atoms with Crippen LogP contribution in [0.5, 0.6) is 0 Å². The average Bonchev–Trinajstić information content (AvgIpc) is 3.84. The highest BCUT2D eigenvalue weighted by Gasteiger charge is 2.38. The zero-order valence-corrected chi connectivity index (χ0v) is 24.6. The van der Waals surface area contributed by atoms with E-state index in [9.17, 15) is 22.8 Å². The van der Waals surface area contributed by atoms with Gasteiger partial charge in [-0.3, -0.25) is 24.4 Å². The Morgan fingerprint density at radius 2 is 1.43 bits per heavy atom. The van der Waals surface area contributed by atoms with E-state index in [1.807, 2.05) is 42.7 Å². The minimum absolute atomic E-state index is 0.488. The SMILES string of the molecule is O=C(NCCCN1CCN(c2ccncc2)CC1)C(=O)Nc1cccc(N2CCN(CC3CC3)CC2)c1.O=C(O)C(F)(F)F. The molecule has 44 heavy (non-hydrogen) atoms. The number of amides is 2. The highest BCUT2D eigenvalue weighted by molar-refractivity contribution is 6.39. The van der Waals surface area contributed by atoms with Gasteiger partial charge in [-0.05, 0) is 62.1 Å². The molecule has 1 aliphatic carbocycles. The van der Waals surface area contributed by atoms with Crippen LogP contribution in [0.25, 0.3) is 0 Å². The summed E-state index contributed by atoms with van der Waals surface area (Å²) in [6, 6.07) is 11.9. The Morgan fingerprint density at radius 3 is 2.02 bits per heavy atom. The van der Waals surface area contributed by atoms with Gasteiger partial charge in [0.1, 0.15) is 0 Å². The van der Waals surface area contributed by atoms with Gasteiger partial charge in [-0.2, -0.15) is 13.2 Å². The Balaban J connectivity index is 0.000000566. The van der Waals surface area contributed by atoms with E-state index in [1.165, 1.54) is 25.1 Å². The molecule has 2 aromatic rings. The third kappa shape index (κ3) is 10.7. The summed E-state index contributed by atoms with van der Waals surface area (Å²) in [5.74, 6) is -3.03. The molecule has 0 unspecified atom stereocenters. The molecule has 1 aromatic heterocycles. The third-order valence-corrected chi connectivity index (χ3v) is 7.84. The summed E-state index contributed by atoms with van der Waals surface area (Å²) >= 11 is 0. The van der Waals surface area contributed by atoms with Crippen LogP contribution in [-0.2, 0) is 14.4 Å². The molecule has 240 valence electrons. The molecule has 2 amide bonds. The van der Waals surface area contributed by atoms with E-state index in [1.54, 1.807) is 0 Å². The summed E-state index contributed by atoms with van der Waals surface area (Å²) in [5.41, 5.74) is 2.96. The first-order valence-electron chi connectivity index (χ1n) is 14.9. The molecule has 3 aliphatic rings. The van der Waals surface area contributed by atoms with E-state index in [2.05, 4.69) is 41.3 Å². The Kier molecular flexibility index (Phi) is 11.8. The highest BCUT2D eigenvalue weighted by Crippen LogP contribution is 2.30. The maximum absolute atomic E-state index is 12.5. The van der Waals surface area contributed by atoms with Crippen LogP contribution in [0.15, 0.2) is 48.8 Å². The zero-order valence-electron chi connectivity index (χ0n) is 24.6. The van der Waals surface area contributed by atoms with E-state index in [0.717, 1.165) is 76.9 Å². The minimum Gasteiger partial charge on any atom is -0.475 e. The molecule has 3 fully saturated rings. The number of rotatable bonds is 9. The van der Waals surface area contributed by atoms with Crippen molar-refractivity contribution in [3.8, 4) is 0 Å². The summed E-state index contributed by atoms with van der Waals surface area (Å²) in [6.45, 7) is 10.7. The molecule has 3 heterocycles. The van der Waals surface area contributed by atoms with Crippen molar-refractivity contribution in [2.75, 3.05) is 87.1 Å². The number of piperazine rings is 2. The molecule has 0 spiro atoms. The fourth-order valence-corrected chi connectivity index (χ4v) is 5.19. The van der Waals surface area contributed by atoms with E-state index in [4.69, 9.17) is 9.90 Å². The van der Waals surface area contributed by atoms with Crippen molar-refractivity contribution >= 4 is 34.8 Å². The predicted molar refractivity (Wildman–Crippen MR) is 161 cm³/mol. The van der Waals surface area contributed by atoms with Crippen molar-refractivity contribution in [2.45, 2.75) is 25.4 Å². The zero-order chi connectivity index (χ0) is 31.5. The molecular weight excluding hydrogens is 579 g/mol. The first-order valence-corrected chi connectivity index (χ1v) is 14.9. The van der Waals surface area contributed by atoms with Gasteiger partial charge < -0.3 is 25.5 Å². The normalized spacial score (nSPS) is 17.8. The Labute approximate surface area is 255 Å². The van der Waals surface area contributed by atoms with Gasteiger partial charge in [-0.25, -0.2) is 4.79 Å². The molecule has 0 atom stereocenters. The van der Waals surface area contributed by atoms with Crippen LogP contribution in [0, 0.1) is 5.92 Å². The lowest BCUT2D eigenvalue weighted by Gasteiger charge is -2.36. The minimum atomic E-state index is -5.08. The molecular formula is C30H40F3N7O4. The monoisotopic (exact) mass is 619 g/mol. The number of nitrogens with one attached hydrogen (secondary N) is 2. The second kappa shape index (κ2) is 15.7. The number of hydrogen-bond donors (Lipinski definition) is 3.